The molecule has 0 amide bonds. The molecule has 0 spiro atoms. The van der Waals surface area contributed by atoms with E-state index in [1.807, 2.05) is 23.1 Å². The second kappa shape index (κ2) is 6.93. The number of nitrogen functional groups attached to an aromatic ring is 1. The molecular formula is C20H18N5O. The number of ether oxygens (including phenoxy) is 1. The molecule has 4 rings (SSSR count). The van der Waals surface area contributed by atoms with Crippen LogP contribution in [-0.4, -0.2) is 33.5 Å². The van der Waals surface area contributed by atoms with Gasteiger partial charge in [0.1, 0.15) is 11.3 Å². The molecule has 0 saturated heterocycles. The van der Waals surface area contributed by atoms with Crippen LogP contribution in [0, 0.1) is 6.07 Å². The van der Waals surface area contributed by atoms with Gasteiger partial charge in [-0.3, -0.25) is 9.67 Å². The highest BCUT2D eigenvalue weighted by Crippen LogP contribution is 2.30. The molecule has 0 aliphatic heterocycles. The van der Waals surface area contributed by atoms with E-state index in [1.165, 1.54) is 0 Å². The smallest absolute Gasteiger partial charge is 0.149 e. The third-order valence-electron chi connectivity index (χ3n) is 4.30. The number of nitrogens with two attached hydrogens (primary N) is 1. The Labute approximate surface area is 151 Å². The molecule has 0 saturated carbocycles. The van der Waals surface area contributed by atoms with Gasteiger partial charge in [0.05, 0.1) is 19.3 Å². The van der Waals surface area contributed by atoms with Gasteiger partial charge in [-0.2, -0.15) is 5.10 Å². The Bertz CT molecular complexity index is 1040. The summed E-state index contributed by atoms with van der Waals surface area (Å²) in [6, 6.07) is 13.2. The highest BCUT2D eigenvalue weighted by Gasteiger charge is 2.09. The fourth-order valence-electron chi connectivity index (χ4n) is 2.93. The SMILES string of the molecule is COCCn1cc(-c2ccc(-c3cnc(N)c4nc[c]cc34)cc2)cn1. The summed E-state index contributed by atoms with van der Waals surface area (Å²) in [6.45, 7) is 1.38. The lowest BCUT2D eigenvalue weighted by molar-refractivity contribution is 0.183. The number of rotatable bonds is 5. The lowest BCUT2D eigenvalue weighted by Gasteiger charge is -2.08. The normalized spacial score (nSPS) is 11.1. The van der Waals surface area contributed by atoms with Gasteiger partial charge in [-0.25, -0.2) is 4.98 Å². The summed E-state index contributed by atoms with van der Waals surface area (Å²) in [6.07, 6.45) is 7.27. The van der Waals surface area contributed by atoms with Crippen molar-refractivity contribution in [3.8, 4) is 22.3 Å². The Kier molecular flexibility index (Phi) is 4.33. The number of methoxy groups -OCH3 is 1. The van der Waals surface area contributed by atoms with Crippen LogP contribution in [0.2, 0.25) is 0 Å². The number of anilines is 1. The highest BCUT2D eigenvalue weighted by molar-refractivity contribution is 5.98. The fourth-order valence-corrected chi connectivity index (χ4v) is 2.93. The van der Waals surface area contributed by atoms with E-state index in [-0.39, 0.29) is 0 Å². The topological polar surface area (TPSA) is 78.9 Å². The molecule has 4 aromatic rings. The van der Waals surface area contributed by atoms with Gasteiger partial charge in [-0.15, -0.1) is 0 Å². The van der Waals surface area contributed by atoms with Crippen LogP contribution in [0.15, 0.2) is 55.1 Å². The molecule has 0 bridgehead atoms. The first kappa shape index (κ1) is 16.2. The van der Waals surface area contributed by atoms with Crippen LogP contribution in [-0.2, 0) is 11.3 Å². The number of pyridine rings is 2. The summed E-state index contributed by atoms with van der Waals surface area (Å²) < 4.78 is 6.97. The molecule has 1 aromatic carbocycles. The van der Waals surface area contributed by atoms with Crippen molar-refractivity contribution in [2.75, 3.05) is 19.5 Å². The molecule has 129 valence electrons. The molecule has 0 aliphatic carbocycles. The lowest BCUT2D eigenvalue weighted by Crippen LogP contribution is -2.03. The van der Waals surface area contributed by atoms with Crippen LogP contribution in [0.5, 0.6) is 0 Å². The van der Waals surface area contributed by atoms with Gasteiger partial charge in [-0.1, -0.05) is 24.3 Å². The Hall–Kier alpha value is -3.25. The lowest BCUT2D eigenvalue weighted by atomic mass is 10.00. The van der Waals surface area contributed by atoms with E-state index >= 15 is 0 Å². The molecule has 0 fully saturated rings. The van der Waals surface area contributed by atoms with Crippen LogP contribution in [0.4, 0.5) is 5.82 Å². The van der Waals surface area contributed by atoms with Crippen molar-refractivity contribution in [1.29, 1.82) is 0 Å². The number of fused-ring (bicyclic) bond motifs is 1. The molecule has 3 heterocycles. The molecule has 0 aliphatic rings. The first-order valence-electron chi connectivity index (χ1n) is 8.29. The average Bonchev–Trinajstić information content (AvgIpc) is 3.16. The van der Waals surface area contributed by atoms with Crippen LogP contribution >= 0.6 is 0 Å². The Morgan fingerprint density at radius 3 is 2.69 bits per heavy atom. The maximum atomic E-state index is 5.93. The Morgan fingerprint density at radius 2 is 1.88 bits per heavy atom. The summed E-state index contributed by atoms with van der Waals surface area (Å²) in [7, 11) is 1.69. The Morgan fingerprint density at radius 1 is 1.08 bits per heavy atom. The average molecular weight is 344 g/mol. The zero-order valence-corrected chi connectivity index (χ0v) is 14.4. The van der Waals surface area contributed by atoms with Crippen LogP contribution in [0.1, 0.15) is 0 Å². The minimum Gasteiger partial charge on any atom is -0.383 e. The van der Waals surface area contributed by atoms with Crippen molar-refractivity contribution in [3.63, 3.8) is 0 Å². The van der Waals surface area contributed by atoms with Crippen LogP contribution in [0.25, 0.3) is 33.2 Å². The number of benzene rings is 1. The van der Waals surface area contributed by atoms with E-state index in [1.54, 1.807) is 19.5 Å². The van der Waals surface area contributed by atoms with Gasteiger partial charge in [-0.05, 0) is 17.2 Å². The van der Waals surface area contributed by atoms with E-state index in [0.29, 0.717) is 17.9 Å². The number of hydrogen-bond acceptors (Lipinski definition) is 5. The molecule has 3 aromatic heterocycles. The molecular weight excluding hydrogens is 326 g/mol. The molecule has 6 heteroatoms. The van der Waals surface area contributed by atoms with Gasteiger partial charge in [0.2, 0.25) is 0 Å². The van der Waals surface area contributed by atoms with E-state index < -0.39 is 0 Å². The van der Waals surface area contributed by atoms with E-state index in [4.69, 9.17) is 10.5 Å². The standard InChI is InChI=1S/C20H18N5O/c1-26-10-9-25-13-16(11-24-25)14-4-6-15(7-5-14)18-12-23-20(21)19-17(18)3-2-8-22-19/h3-8,11-13H,9-10H2,1H3,(H2,21,23). The number of nitrogens with zero attached hydrogens (tertiary/aromatic N) is 4. The van der Waals surface area contributed by atoms with E-state index in [9.17, 15) is 0 Å². The van der Waals surface area contributed by atoms with Gasteiger partial charge >= 0.3 is 0 Å². The first-order valence-corrected chi connectivity index (χ1v) is 8.29. The largest absolute Gasteiger partial charge is 0.383 e. The summed E-state index contributed by atoms with van der Waals surface area (Å²) in [5, 5.41) is 5.31. The monoisotopic (exact) mass is 344 g/mol. The predicted molar refractivity (Wildman–Crippen MR) is 101 cm³/mol. The third kappa shape index (κ3) is 3.02. The summed E-state index contributed by atoms with van der Waals surface area (Å²) in [4.78, 5) is 8.57. The molecule has 26 heavy (non-hydrogen) atoms. The summed E-state index contributed by atoms with van der Waals surface area (Å²) >= 11 is 0. The van der Waals surface area contributed by atoms with Gasteiger partial charge < -0.3 is 10.5 Å². The van der Waals surface area contributed by atoms with Crippen molar-refractivity contribution in [3.05, 3.63) is 61.2 Å². The maximum absolute atomic E-state index is 5.93. The molecule has 0 atom stereocenters. The van der Waals surface area contributed by atoms with Crippen molar-refractivity contribution in [1.82, 2.24) is 19.7 Å². The zero-order valence-electron chi connectivity index (χ0n) is 14.4. The first-order chi connectivity index (χ1) is 12.8. The Balaban J connectivity index is 1.66. The van der Waals surface area contributed by atoms with E-state index in [2.05, 4.69) is 45.4 Å². The summed E-state index contributed by atoms with van der Waals surface area (Å²) in [5.74, 6) is 0.429. The van der Waals surface area contributed by atoms with Gasteiger partial charge in [0, 0.05) is 48.3 Å². The quantitative estimate of drug-likeness (QED) is 0.601. The molecule has 2 N–H and O–H groups in total. The van der Waals surface area contributed by atoms with Gasteiger partial charge in [0.15, 0.2) is 0 Å². The van der Waals surface area contributed by atoms with Crippen molar-refractivity contribution < 1.29 is 4.74 Å². The summed E-state index contributed by atoms with van der Waals surface area (Å²) in [5.41, 5.74) is 10.9. The fraction of sp³-hybridized carbons (Fsp3) is 0.150. The van der Waals surface area contributed by atoms with Crippen LogP contribution in [0.3, 0.4) is 0 Å². The number of aromatic nitrogens is 4. The van der Waals surface area contributed by atoms with Crippen molar-refractivity contribution in [2.24, 2.45) is 0 Å². The highest BCUT2D eigenvalue weighted by atomic mass is 16.5. The zero-order chi connectivity index (χ0) is 17.9. The second-order valence-corrected chi connectivity index (χ2v) is 5.95. The molecule has 1 radical (unpaired) electrons. The van der Waals surface area contributed by atoms with Crippen molar-refractivity contribution in [2.45, 2.75) is 6.54 Å². The molecule has 0 unspecified atom stereocenters. The molecule has 6 nitrogen and oxygen atoms in total. The second-order valence-electron chi connectivity index (χ2n) is 5.95. The number of hydrogen-bond donors (Lipinski definition) is 1. The third-order valence-corrected chi connectivity index (χ3v) is 4.30. The van der Waals surface area contributed by atoms with E-state index in [0.717, 1.165) is 34.2 Å². The van der Waals surface area contributed by atoms with Gasteiger partial charge in [0.25, 0.3) is 0 Å². The maximum Gasteiger partial charge on any atom is 0.149 e. The predicted octanol–water partition coefficient (Wildman–Crippen LogP) is 3.19. The minimum atomic E-state index is 0.429. The van der Waals surface area contributed by atoms with Crippen LogP contribution < -0.4 is 5.73 Å². The minimum absolute atomic E-state index is 0.429. The van der Waals surface area contributed by atoms with Crippen molar-refractivity contribution >= 4 is 16.7 Å².